The Hall–Kier alpha value is -4.38. The number of aromatic nitrogens is 1. The van der Waals surface area contributed by atoms with Crippen molar-refractivity contribution in [2.24, 2.45) is 0 Å². The van der Waals surface area contributed by atoms with E-state index in [2.05, 4.69) is 4.98 Å². The molecule has 11 heteroatoms. The summed E-state index contributed by atoms with van der Waals surface area (Å²) >= 11 is 0.914. The van der Waals surface area contributed by atoms with Gasteiger partial charge in [-0.05, 0) is 62.2 Å². The van der Waals surface area contributed by atoms with Crippen LogP contribution in [0.4, 0.5) is 5.13 Å². The van der Waals surface area contributed by atoms with Crippen LogP contribution in [0.1, 0.15) is 51.9 Å². The number of aliphatic hydroxyl groups is 1. The largest absolute Gasteiger partial charge is 0.507 e. The third-order valence-corrected chi connectivity index (χ3v) is 7.72. The van der Waals surface area contributed by atoms with E-state index in [9.17, 15) is 24.6 Å². The molecule has 2 aliphatic rings. The number of hydrogen-bond donors (Lipinski definition) is 2. The minimum atomic E-state index is -1.12. The van der Waals surface area contributed by atoms with E-state index in [0.29, 0.717) is 29.0 Å². The molecule has 0 aliphatic carbocycles. The maximum atomic E-state index is 13.5. The lowest BCUT2D eigenvalue weighted by Gasteiger charge is -2.23. The predicted octanol–water partition coefficient (Wildman–Crippen LogP) is 4.29. The Morgan fingerprint density at radius 1 is 1.23 bits per heavy atom. The van der Waals surface area contributed by atoms with Crippen LogP contribution in [0.25, 0.3) is 5.76 Å². The number of aryl methyl sites for hydroxylation is 1. The molecule has 2 unspecified atom stereocenters. The van der Waals surface area contributed by atoms with E-state index in [1.165, 1.54) is 25.3 Å². The molecule has 1 fully saturated rings. The molecule has 10 nitrogen and oxygen atoms in total. The number of carbonyl (C=O) groups is 3. The number of amides is 1. The van der Waals surface area contributed by atoms with Crippen molar-refractivity contribution < 1.29 is 38.8 Å². The molecular weight excluding hydrogens is 524 g/mol. The lowest BCUT2D eigenvalue weighted by Crippen LogP contribution is -2.29. The zero-order chi connectivity index (χ0) is 28.0. The van der Waals surface area contributed by atoms with Crippen LogP contribution in [0.2, 0.25) is 0 Å². The van der Waals surface area contributed by atoms with Crippen LogP contribution in [0.15, 0.2) is 42.0 Å². The first-order valence-corrected chi connectivity index (χ1v) is 13.1. The molecule has 2 aliphatic heterocycles. The normalized spacial score (nSPS) is 19.6. The number of benzene rings is 2. The quantitative estimate of drug-likeness (QED) is 0.199. The molecule has 2 aromatic carbocycles. The number of Topliss-reactive ketones (excluding diaryl/α,β-unsaturated/α-hetero) is 1. The molecule has 0 bridgehead atoms. The van der Waals surface area contributed by atoms with E-state index in [-0.39, 0.29) is 45.6 Å². The number of fused-ring (bicyclic) bond motifs is 1. The summed E-state index contributed by atoms with van der Waals surface area (Å²) in [6.07, 6.45) is 0.618. The summed E-state index contributed by atoms with van der Waals surface area (Å²) in [5.41, 5.74) is 1.78. The van der Waals surface area contributed by atoms with Gasteiger partial charge in [-0.1, -0.05) is 17.4 Å². The van der Waals surface area contributed by atoms with Crippen LogP contribution in [0.3, 0.4) is 0 Å². The van der Waals surface area contributed by atoms with E-state index in [0.717, 1.165) is 21.8 Å². The highest BCUT2D eigenvalue weighted by atomic mass is 32.1. The SMILES string of the molecule is CCOC(=O)c1sc(N2C(=O)C(=O)C(=C(O)c3ccc4c(c3)CC(C)O4)C2c2ccc(O)c(OC)c2)nc1C. The van der Waals surface area contributed by atoms with E-state index in [4.69, 9.17) is 14.2 Å². The van der Waals surface area contributed by atoms with Gasteiger partial charge in [-0.2, -0.15) is 0 Å². The lowest BCUT2D eigenvalue weighted by atomic mass is 9.94. The summed E-state index contributed by atoms with van der Waals surface area (Å²) in [7, 11) is 1.37. The van der Waals surface area contributed by atoms with Gasteiger partial charge >= 0.3 is 11.9 Å². The molecule has 1 amide bonds. The van der Waals surface area contributed by atoms with Gasteiger partial charge in [0.05, 0.1) is 31.0 Å². The average molecular weight is 551 g/mol. The Bertz CT molecular complexity index is 1540. The Balaban J connectivity index is 1.69. The standard InChI is InChI=1S/C28H26N2O8S/c1-5-37-27(35)25-14(3)29-28(39-25)30-22(15-6-8-18(31)20(12-15)36-4)21(24(33)26(30)34)23(32)16-7-9-19-17(11-16)10-13(2)38-19/h6-9,11-13,22,31-32H,5,10H2,1-4H3. The number of nitrogens with zero attached hydrogens (tertiary/aromatic N) is 2. The van der Waals surface area contributed by atoms with E-state index < -0.39 is 23.7 Å². The van der Waals surface area contributed by atoms with Crippen molar-refractivity contribution in [2.75, 3.05) is 18.6 Å². The number of esters is 1. The number of carbonyl (C=O) groups excluding carboxylic acids is 3. The van der Waals surface area contributed by atoms with Gasteiger partial charge < -0.3 is 24.4 Å². The topological polar surface area (TPSA) is 135 Å². The number of aromatic hydroxyl groups is 1. The number of phenols is 1. The van der Waals surface area contributed by atoms with Gasteiger partial charge in [-0.25, -0.2) is 9.78 Å². The highest BCUT2D eigenvalue weighted by Crippen LogP contribution is 2.46. The van der Waals surface area contributed by atoms with Crippen molar-refractivity contribution >= 4 is 39.9 Å². The fourth-order valence-corrected chi connectivity index (χ4v) is 5.79. The molecule has 0 saturated carbocycles. The van der Waals surface area contributed by atoms with Crippen LogP contribution in [0, 0.1) is 6.92 Å². The van der Waals surface area contributed by atoms with Gasteiger partial charge in [0.25, 0.3) is 5.78 Å². The minimum absolute atomic E-state index is 0.0193. The van der Waals surface area contributed by atoms with Crippen LogP contribution >= 0.6 is 11.3 Å². The van der Waals surface area contributed by atoms with Crippen molar-refractivity contribution in [3.05, 3.63) is 69.2 Å². The Kier molecular flexibility index (Phi) is 6.77. The Morgan fingerprint density at radius 2 is 2.00 bits per heavy atom. The number of thiazole rings is 1. The number of ether oxygens (including phenoxy) is 3. The third-order valence-electron chi connectivity index (χ3n) is 6.59. The molecule has 0 spiro atoms. The number of hydrogen-bond acceptors (Lipinski definition) is 10. The summed E-state index contributed by atoms with van der Waals surface area (Å²) in [6, 6.07) is 8.35. The predicted molar refractivity (Wildman–Crippen MR) is 142 cm³/mol. The van der Waals surface area contributed by atoms with Crippen molar-refractivity contribution in [3.63, 3.8) is 0 Å². The van der Waals surface area contributed by atoms with Crippen LogP contribution in [-0.2, 0) is 20.7 Å². The van der Waals surface area contributed by atoms with Gasteiger partial charge in [0.15, 0.2) is 16.6 Å². The summed E-state index contributed by atoms with van der Waals surface area (Å²) in [5, 5.41) is 21.7. The fraction of sp³-hybridized carbons (Fsp3) is 0.286. The fourth-order valence-electron chi connectivity index (χ4n) is 4.81. The lowest BCUT2D eigenvalue weighted by molar-refractivity contribution is -0.132. The maximum Gasteiger partial charge on any atom is 0.350 e. The van der Waals surface area contributed by atoms with Gasteiger partial charge in [0.1, 0.15) is 22.5 Å². The number of phenolic OH excluding ortho intramolecular Hbond substituents is 1. The number of aliphatic hydroxyl groups excluding tert-OH is 1. The maximum absolute atomic E-state index is 13.5. The molecule has 39 heavy (non-hydrogen) atoms. The van der Waals surface area contributed by atoms with Gasteiger partial charge in [0.2, 0.25) is 0 Å². The van der Waals surface area contributed by atoms with Crippen molar-refractivity contribution in [1.82, 2.24) is 4.98 Å². The second-order valence-corrected chi connectivity index (χ2v) is 10.2. The number of anilines is 1. The summed E-state index contributed by atoms with van der Waals surface area (Å²) in [4.78, 5) is 45.2. The van der Waals surface area contributed by atoms with E-state index in [1.54, 1.807) is 32.0 Å². The number of ketones is 1. The highest BCUT2D eigenvalue weighted by molar-refractivity contribution is 7.17. The molecule has 202 valence electrons. The Morgan fingerprint density at radius 3 is 2.72 bits per heavy atom. The molecule has 1 aromatic heterocycles. The zero-order valence-electron chi connectivity index (χ0n) is 21.7. The first kappa shape index (κ1) is 26.2. The third kappa shape index (κ3) is 4.48. The van der Waals surface area contributed by atoms with Crippen LogP contribution < -0.4 is 14.4 Å². The van der Waals surface area contributed by atoms with Crippen LogP contribution in [0.5, 0.6) is 17.2 Å². The average Bonchev–Trinajstić information content (AvgIpc) is 3.56. The highest BCUT2D eigenvalue weighted by Gasteiger charge is 2.48. The first-order chi connectivity index (χ1) is 18.6. The summed E-state index contributed by atoms with van der Waals surface area (Å²) in [5.74, 6) is -2.12. The van der Waals surface area contributed by atoms with Crippen molar-refractivity contribution in [3.8, 4) is 17.2 Å². The van der Waals surface area contributed by atoms with Crippen molar-refractivity contribution in [2.45, 2.75) is 39.3 Å². The summed E-state index contributed by atoms with van der Waals surface area (Å²) in [6.45, 7) is 5.38. The monoisotopic (exact) mass is 550 g/mol. The van der Waals surface area contributed by atoms with E-state index in [1.807, 2.05) is 6.92 Å². The second-order valence-electron chi connectivity index (χ2n) is 9.19. The molecule has 2 atom stereocenters. The molecule has 5 rings (SSSR count). The minimum Gasteiger partial charge on any atom is -0.507 e. The van der Waals surface area contributed by atoms with Gasteiger partial charge in [-0.15, -0.1) is 0 Å². The molecule has 2 N–H and O–H groups in total. The Labute approximate surface area is 228 Å². The molecule has 3 aromatic rings. The molecule has 1 saturated heterocycles. The van der Waals surface area contributed by atoms with Gasteiger partial charge in [0, 0.05) is 12.0 Å². The second kappa shape index (κ2) is 10.1. The molecular formula is C28H26N2O8S. The number of methoxy groups -OCH3 is 1. The van der Waals surface area contributed by atoms with Crippen molar-refractivity contribution in [1.29, 1.82) is 0 Å². The smallest absolute Gasteiger partial charge is 0.350 e. The molecule has 3 heterocycles. The van der Waals surface area contributed by atoms with Gasteiger partial charge in [-0.3, -0.25) is 14.5 Å². The first-order valence-electron chi connectivity index (χ1n) is 12.3. The summed E-state index contributed by atoms with van der Waals surface area (Å²) < 4.78 is 16.1. The molecule has 0 radical (unpaired) electrons. The van der Waals surface area contributed by atoms with E-state index >= 15 is 0 Å². The number of rotatable bonds is 6. The van der Waals surface area contributed by atoms with Crippen LogP contribution in [-0.4, -0.2) is 52.7 Å². The zero-order valence-corrected chi connectivity index (χ0v) is 22.5.